The van der Waals surface area contributed by atoms with Gasteiger partial charge in [-0.15, -0.1) is 0 Å². The number of rotatable bonds is 2. The highest BCUT2D eigenvalue weighted by Gasteiger charge is 2.41. The lowest BCUT2D eigenvalue weighted by molar-refractivity contribution is 0.0714. The van der Waals surface area contributed by atoms with Crippen LogP contribution in [0.1, 0.15) is 345 Å². The molecule has 0 atom stereocenters. The number of fused-ring (bicyclic) bond motifs is 1. The number of urea groups is 1. The molecule has 2 saturated heterocycles. The molecule has 4 heterocycles. The number of anilines is 1. The molecule has 3 aliphatic heterocycles. The number of aromatic nitrogens is 1. The maximum absolute atomic E-state index is 14.9. The summed E-state index contributed by atoms with van der Waals surface area (Å²) in [7, 11) is 0. The molecular weight excluding hydrogens is 970 g/mol. The minimum Gasteiger partial charge on any atom is -0.324 e. The first kappa shape index (κ1) is 66.8. The zero-order valence-corrected chi connectivity index (χ0v) is 51.9. The first-order valence-corrected chi connectivity index (χ1v) is 34.7. The maximum Gasteiger partial charge on any atom is 0.324 e. The molecule has 6 nitrogen and oxygen atoms in total. The van der Waals surface area contributed by atoms with E-state index >= 15 is 0 Å². The number of pyridine rings is 1. The third-order valence-corrected chi connectivity index (χ3v) is 19.3. The van der Waals surface area contributed by atoms with Gasteiger partial charge >= 0.3 is 6.03 Å². The summed E-state index contributed by atoms with van der Waals surface area (Å²) < 4.78 is 14.3. The van der Waals surface area contributed by atoms with E-state index in [1.807, 2.05) is 24.4 Å². The molecule has 0 bridgehead atoms. The number of hydrogen-bond acceptors (Lipinski definition) is 4. The van der Waals surface area contributed by atoms with Gasteiger partial charge in [0.05, 0.1) is 16.9 Å². The molecule has 5 rings (SSSR count). The Balaban J connectivity index is 1.08. The van der Waals surface area contributed by atoms with E-state index in [0.29, 0.717) is 6.54 Å². The summed E-state index contributed by atoms with van der Waals surface area (Å²) in [5.41, 5.74) is 3.19. The van der Waals surface area contributed by atoms with Crippen LogP contribution < -0.4 is 4.90 Å². The van der Waals surface area contributed by atoms with E-state index in [1.165, 1.54) is 295 Å². The van der Waals surface area contributed by atoms with Crippen LogP contribution in [0.2, 0.25) is 0 Å². The van der Waals surface area contributed by atoms with Gasteiger partial charge in [0.25, 0.3) is 0 Å². The van der Waals surface area contributed by atoms with Crippen molar-refractivity contribution in [1.82, 2.24) is 14.8 Å². The molecule has 0 radical (unpaired) electrons. The summed E-state index contributed by atoms with van der Waals surface area (Å²) in [6.45, 7) is 9.48. The number of benzene rings is 1. The summed E-state index contributed by atoms with van der Waals surface area (Å²) in [5, 5.41) is 9.52. The van der Waals surface area contributed by atoms with Crippen LogP contribution in [0, 0.1) is 22.6 Å². The van der Waals surface area contributed by atoms with Crippen LogP contribution in [0.3, 0.4) is 0 Å². The number of likely N-dealkylation sites (tertiary alicyclic amines) is 1. The van der Waals surface area contributed by atoms with Crippen molar-refractivity contribution >= 4 is 11.7 Å². The molecule has 2 amide bonds. The monoisotopic (exact) mass is 1090 g/mol. The lowest BCUT2D eigenvalue weighted by Gasteiger charge is -2.43. The van der Waals surface area contributed by atoms with Crippen molar-refractivity contribution in [2.45, 2.75) is 340 Å². The Morgan fingerprint density at radius 2 is 0.861 bits per heavy atom. The third kappa shape index (κ3) is 28.2. The van der Waals surface area contributed by atoms with E-state index in [0.717, 1.165) is 75.4 Å². The molecule has 0 N–H and O–H groups in total. The van der Waals surface area contributed by atoms with Gasteiger partial charge in [0, 0.05) is 37.8 Å². The minimum absolute atomic E-state index is 0.134. The highest BCUT2D eigenvalue weighted by atomic mass is 19.1. The average molecular weight is 1090 g/mol. The Labute approximate surface area is 487 Å². The average Bonchev–Trinajstić information content (AvgIpc) is 3.75. The van der Waals surface area contributed by atoms with Crippen LogP contribution in [-0.2, 0) is 12.0 Å². The Morgan fingerprint density at radius 1 is 0.494 bits per heavy atom. The second kappa shape index (κ2) is 41.9. The van der Waals surface area contributed by atoms with Crippen LogP contribution in [0.25, 0.3) is 0 Å². The lowest BCUT2D eigenvalue weighted by Crippen LogP contribution is -2.47. The standard InChI is InChI=1S/C72H122FN5O/c1-71(2)64-78(68-49-48-56-75-69(68)71)70(79)77-57-47-45-43-41-39-37-35-33-31-29-27-25-23-21-19-17-15-13-11-9-7-5-3-4-6-8-10-12-14-16-18-20-22-24-26-28-30-32-34-36-38-40-42-44-46-52-72(55-60-77)53-58-76(59-54-72)63-65-50-51-67(73)66(61-65)62-74/h48-51,56,61H,3-47,52-55,57-60,63-64H2,1-2H3. The number of nitriles is 1. The molecular formula is C72H122FN5O. The van der Waals surface area contributed by atoms with Crippen LogP contribution in [0.5, 0.6) is 0 Å². The lowest BCUT2D eigenvalue weighted by atomic mass is 9.71. The summed E-state index contributed by atoms with van der Waals surface area (Å²) in [5.74, 6) is -0.438. The Bertz CT molecular complexity index is 1880. The fraction of sp³-hybridized carbons (Fsp3) is 0.819. The molecule has 0 saturated carbocycles. The fourth-order valence-electron chi connectivity index (χ4n) is 13.9. The van der Waals surface area contributed by atoms with E-state index in [9.17, 15) is 14.4 Å². The first-order valence-electron chi connectivity index (χ1n) is 34.7. The van der Waals surface area contributed by atoms with Crippen molar-refractivity contribution in [2.75, 3.05) is 37.6 Å². The number of piperidine rings is 1. The molecule has 3 aliphatic rings. The molecule has 0 aliphatic carbocycles. The van der Waals surface area contributed by atoms with Gasteiger partial charge in [-0.1, -0.05) is 302 Å². The van der Waals surface area contributed by atoms with Crippen molar-refractivity contribution < 1.29 is 9.18 Å². The highest BCUT2D eigenvalue weighted by molar-refractivity contribution is 5.94. The zero-order valence-electron chi connectivity index (χ0n) is 51.9. The smallest absolute Gasteiger partial charge is 0.324 e. The van der Waals surface area contributed by atoms with Crippen LogP contribution in [-0.4, -0.2) is 53.5 Å². The Hall–Kier alpha value is -2.98. The van der Waals surface area contributed by atoms with Crippen molar-refractivity contribution in [2.24, 2.45) is 5.41 Å². The van der Waals surface area contributed by atoms with Gasteiger partial charge in [0.15, 0.2) is 0 Å². The van der Waals surface area contributed by atoms with E-state index in [-0.39, 0.29) is 22.4 Å². The number of nitrogens with zero attached hydrogens (tertiary/aromatic N) is 5. The quantitative estimate of drug-likeness (QED) is 0.301. The molecule has 448 valence electrons. The first-order chi connectivity index (χ1) is 38.8. The largest absolute Gasteiger partial charge is 0.324 e. The van der Waals surface area contributed by atoms with Crippen molar-refractivity contribution in [3.63, 3.8) is 0 Å². The summed E-state index contributed by atoms with van der Waals surface area (Å²) in [6.07, 6.45) is 69.7. The van der Waals surface area contributed by atoms with E-state index in [1.54, 1.807) is 6.07 Å². The van der Waals surface area contributed by atoms with E-state index in [2.05, 4.69) is 34.6 Å². The Morgan fingerprint density at radius 3 is 1.25 bits per heavy atom. The summed E-state index contributed by atoms with van der Waals surface area (Å²) >= 11 is 0. The number of carbonyl (C=O) groups excluding carboxylic acids is 1. The van der Waals surface area contributed by atoms with E-state index < -0.39 is 5.82 Å². The molecule has 0 unspecified atom stereocenters. The van der Waals surface area contributed by atoms with Gasteiger partial charge in [-0.2, -0.15) is 5.26 Å². The zero-order chi connectivity index (χ0) is 55.7. The molecule has 1 spiro atoms. The number of hydrogen-bond donors (Lipinski definition) is 0. The Kier molecular flexibility index (Phi) is 35.5. The molecule has 1 aromatic carbocycles. The molecule has 7 heteroatoms. The van der Waals surface area contributed by atoms with Crippen molar-refractivity contribution in [3.05, 3.63) is 59.2 Å². The van der Waals surface area contributed by atoms with Gasteiger partial charge < -0.3 is 4.90 Å². The maximum atomic E-state index is 14.9. The predicted octanol–water partition coefficient (Wildman–Crippen LogP) is 22.2. The molecule has 2 aromatic rings. The van der Waals surface area contributed by atoms with Crippen molar-refractivity contribution in [1.29, 1.82) is 5.26 Å². The van der Waals surface area contributed by atoms with Crippen LogP contribution in [0.4, 0.5) is 14.9 Å². The summed E-state index contributed by atoms with van der Waals surface area (Å²) in [6, 6.07) is 11.3. The van der Waals surface area contributed by atoms with Crippen molar-refractivity contribution in [3.8, 4) is 6.07 Å². The van der Waals surface area contributed by atoms with Gasteiger partial charge in [-0.05, 0) is 80.4 Å². The van der Waals surface area contributed by atoms with Gasteiger partial charge in [0.2, 0.25) is 0 Å². The second-order valence-electron chi connectivity index (χ2n) is 26.7. The third-order valence-electron chi connectivity index (χ3n) is 19.3. The van der Waals surface area contributed by atoms with Crippen LogP contribution in [0.15, 0.2) is 36.5 Å². The number of halogens is 1. The number of amides is 2. The minimum atomic E-state index is -0.438. The normalized spacial score (nSPS) is 22.9. The van der Waals surface area contributed by atoms with E-state index in [4.69, 9.17) is 4.98 Å². The molecule has 79 heavy (non-hydrogen) atoms. The fourth-order valence-corrected chi connectivity index (χ4v) is 13.9. The predicted molar refractivity (Wildman–Crippen MR) is 337 cm³/mol. The molecule has 1 aromatic heterocycles. The topological polar surface area (TPSA) is 63.5 Å². The highest BCUT2D eigenvalue weighted by Crippen LogP contribution is 2.42. The van der Waals surface area contributed by atoms with Gasteiger partial charge in [-0.25, -0.2) is 9.18 Å². The van der Waals surface area contributed by atoms with Gasteiger partial charge in [0.1, 0.15) is 11.9 Å². The summed E-state index contributed by atoms with van der Waals surface area (Å²) in [4.78, 5) is 26.5. The molecule has 2 fully saturated rings. The van der Waals surface area contributed by atoms with Crippen LogP contribution >= 0.6 is 0 Å². The van der Waals surface area contributed by atoms with Gasteiger partial charge in [-0.3, -0.25) is 14.8 Å². The number of carbonyl (C=O) groups is 1. The second-order valence-corrected chi connectivity index (χ2v) is 26.7. The SMILES string of the molecule is CC1(C)CN(C(=O)N2CCCCCCCCCCCCCCCCCCCCCCCCCCCCCCCCCCCCCCCCCCCCCCCC3(CCN(Cc4ccc(F)c(C#N)c4)CC3)CC2)c2cccnc21.